The Bertz CT molecular complexity index is 843. The number of aromatic nitrogens is 1. The molecule has 0 aliphatic rings. The smallest absolute Gasteiger partial charge is 0.303 e. The van der Waals surface area contributed by atoms with E-state index >= 15 is 0 Å². The minimum absolute atomic E-state index is 0.128. The summed E-state index contributed by atoms with van der Waals surface area (Å²) in [4.78, 5) is 11.0. The van der Waals surface area contributed by atoms with E-state index in [0.717, 1.165) is 22.6 Å². The fraction of sp³-hybridized carbons (Fsp3) is 0.190. The van der Waals surface area contributed by atoms with Crippen LogP contribution in [0.5, 0.6) is 0 Å². The lowest BCUT2D eigenvalue weighted by atomic mass is 10.1. The monoisotopic (exact) mass is 319 g/mol. The third-order valence-corrected chi connectivity index (χ3v) is 4.20. The fourth-order valence-electron chi connectivity index (χ4n) is 2.86. The van der Waals surface area contributed by atoms with Gasteiger partial charge in [0.1, 0.15) is 0 Å². The van der Waals surface area contributed by atoms with E-state index in [1.807, 2.05) is 6.07 Å². The Hall–Kier alpha value is -2.81. The minimum Gasteiger partial charge on any atom is -0.481 e. The van der Waals surface area contributed by atoms with Gasteiger partial charge in [-0.3, -0.25) is 4.79 Å². The highest BCUT2D eigenvalue weighted by Crippen LogP contribution is 2.28. The van der Waals surface area contributed by atoms with Crippen molar-refractivity contribution in [3.63, 3.8) is 0 Å². The van der Waals surface area contributed by atoms with Crippen LogP contribution in [0.15, 0.2) is 60.7 Å². The zero-order valence-corrected chi connectivity index (χ0v) is 14.0. The third-order valence-electron chi connectivity index (χ3n) is 4.20. The molecule has 0 aliphatic carbocycles. The molecule has 0 atom stereocenters. The zero-order valence-electron chi connectivity index (χ0n) is 14.0. The predicted molar refractivity (Wildman–Crippen MR) is 96.6 cm³/mol. The quantitative estimate of drug-likeness (QED) is 0.735. The van der Waals surface area contributed by atoms with Crippen LogP contribution < -0.4 is 0 Å². The Kier molecular flexibility index (Phi) is 4.52. The summed E-state index contributed by atoms with van der Waals surface area (Å²) in [5, 5.41) is 9.02. The van der Waals surface area contributed by atoms with Gasteiger partial charge in [0.05, 0.1) is 12.1 Å². The third kappa shape index (κ3) is 3.40. The van der Waals surface area contributed by atoms with Crippen LogP contribution in [0.25, 0.3) is 16.9 Å². The number of carboxylic acids is 1. The second-order valence-corrected chi connectivity index (χ2v) is 6.14. The number of carbonyl (C=O) groups is 1. The number of nitrogens with zero attached hydrogens (tertiary/aromatic N) is 1. The van der Waals surface area contributed by atoms with Crippen molar-refractivity contribution in [2.75, 3.05) is 0 Å². The van der Waals surface area contributed by atoms with Gasteiger partial charge in [0, 0.05) is 11.4 Å². The fourth-order valence-corrected chi connectivity index (χ4v) is 2.86. The van der Waals surface area contributed by atoms with Crippen molar-refractivity contribution in [3.8, 4) is 16.9 Å². The molecular formula is C21H21NO2. The van der Waals surface area contributed by atoms with Gasteiger partial charge in [0.2, 0.25) is 0 Å². The molecule has 0 unspecified atom stereocenters. The lowest BCUT2D eigenvalue weighted by molar-refractivity contribution is -0.136. The van der Waals surface area contributed by atoms with Crippen molar-refractivity contribution in [2.45, 2.75) is 26.7 Å². The van der Waals surface area contributed by atoms with Crippen LogP contribution in [0, 0.1) is 13.8 Å². The average Bonchev–Trinajstić information content (AvgIpc) is 2.98. The molecule has 2 aromatic carbocycles. The zero-order chi connectivity index (χ0) is 17.1. The van der Waals surface area contributed by atoms with Gasteiger partial charge in [0.15, 0.2) is 0 Å². The lowest BCUT2D eigenvalue weighted by Gasteiger charge is -2.14. The number of benzene rings is 2. The summed E-state index contributed by atoms with van der Waals surface area (Å²) in [7, 11) is 0. The summed E-state index contributed by atoms with van der Waals surface area (Å²) < 4.78 is 2.16. The van der Waals surface area contributed by atoms with E-state index in [9.17, 15) is 4.79 Å². The van der Waals surface area contributed by atoms with Crippen LogP contribution in [-0.4, -0.2) is 15.6 Å². The SMILES string of the molecule is Cc1ccc(-c2ccc(CCC(=O)O)n2-c2ccc(C)cc2)cc1. The number of hydrogen-bond acceptors (Lipinski definition) is 1. The number of rotatable bonds is 5. The van der Waals surface area contributed by atoms with Gasteiger partial charge >= 0.3 is 5.97 Å². The van der Waals surface area contributed by atoms with E-state index in [-0.39, 0.29) is 6.42 Å². The molecule has 0 fully saturated rings. The number of carboxylic acid groups (broad SMARTS) is 1. The lowest BCUT2D eigenvalue weighted by Crippen LogP contribution is -2.05. The normalized spacial score (nSPS) is 10.8. The first-order valence-corrected chi connectivity index (χ1v) is 8.11. The van der Waals surface area contributed by atoms with E-state index in [4.69, 9.17) is 5.11 Å². The standard InChI is InChI=1S/C21H21NO2/c1-15-3-7-17(8-4-15)20-13-11-19(12-14-21(23)24)22(20)18-9-5-16(2)6-10-18/h3-11,13H,12,14H2,1-2H3,(H,23,24). The molecule has 3 heteroatoms. The first kappa shape index (κ1) is 16.1. The molecule has 0 radical (unpaired) electrons. The van der Waals surface area contributed by atoms with Crippen molar-refractivity contribution < 1.29 is 9.90 Å². The van der Waals surface area contributed by atoms with Crippen molar-refractivity contribution in [1.29, 1.82) is 0 Å². The van der Waals surface area contributed by atoms with Gasteiger partial charge in [-0.15, -0.1) is 0 Å². The van der Waals surface area contributed by atoms with Crippen LogP contribution in [0.1, 0.15) is 23.2 Å². The van der Waals surface area contributed by atoms with Crippen LogP contribution in [0.4, 0.5) is 0 Å². The van der Waals surface area contributed by atoms with E-state index in [1.54, 1.807) is 0 Å². The predicted octanol–water partition coefficient (Wildman–Crippen LogP) is 4.78. The highest BCUT2D eigenvalue weighted by molar-refractivity contribution is 5.68. The summed E-state index contributed by atoms with van der Waals surface area (Å²) in [6.07, 6.45) is 0.637. The van der Waals surface area contributed by atoms with Gasteiger partial charge in [-0.2, -0.15) is 0 Å². The van der Waals surface area contributed by atoms with Crippen molar-refractivity contribution in [3.05, 3.63) is 77.5 Å². The van der Waals surface area contributed by atoms with Crippen molar-refractivity contribution in [2.24, 2.45) is 0 Å². The highest BCUT2D eigenvalue weighted by atomic mass is 16.4. The second kappa shape index (κ2) is 6.75. The molecule has 24 heavy (non-hydrogen) atoms. The maximum atomic E-state index is 11.0. The van der Waals surface area contributed by atoms with Crippen molar-refractivity contribution >= 4 is 5.97 Å². The molecule has 0 bridgehead atoms. The van der Waals surface area contributed by atoms with Crippen LogP contribution >= 0.6 is 0 Å². The van der Waals surface area contributed by atoms with Crippen LogP contribution in [0.3, 0.4) is 0 Å². The summed E-state index contributed by atoms with van der Waals surface area (Å²) >= 11 is 0. The molecule has 0 saturated carbocycles. The first-order chi connectivity index (χ1) is 11.5. The molecule has 3 rings (SSSR count). The van der Waals surface area contributed by atoms with Gasteiger partial charge in [-0.05, 0) is 50.1 Å². The Labute approximate surface area is 142 Å². The average molecular weight is 319 g/mol. The molecule has 122 valence electrons. The van der Waals surface area contributed by atoms with Crippen LogP contribution in [0.2, 0.25) is 0 Å². The second-order valence-electron chi connectivity index (χ2n) is 6.14. The van der Waals surface area contributed by atoms with Gasteiger partial charge in [0.25, 0.3) is 0 Å². The van der Waals surface area contributed by atoms with Crippen LogP contribution in [-0.2, 0) is 11.2 Å². The molecule has 3 nitrogen and oxygen atoms in total. The minimum atomic E-state index is -0.774. The van der Waals surface area contributed by atoms with Gasteiger partial charge in [-0.25, -0.2) is 0 Å². The molecular weight excluding hydrogens is 298 g/mol. The Balaban J connectivity index is 2.09. The van der Waals surface area contributed by atoms with E-state index in [0.29, 0.717) is 6.42 Å². The topological polar surface area (TPSA) is 42.2 Å². The number of hydrogen-bond donors (Lipinski definition) is 1. The highest BCUT2D eigenvalue weighted by Gasteiger charge is 2.13. The molecule has 0 amide bonds. The number of aryl methyl sites for hydroxylation is 3. The maximum Gasteiger partial charge on any atom is 0.303 e. The summed E-state index contributed by atoms with van der Waals surface area (Å²) in [5.41, 5.74) is 6.70. The Morgan fingerprint density at radius 2 is 1.46 bits per heavy atom. The van der Waals surface area contributed by atoms with E-state index in [1.165, 1.54) is 11.1 Å². The first-order valence-electron chi connectivity index (χ1n) is 8.11. The Morgan fingerprint density at radius 3 is 2.04 bits per heavy atom. The van der Waals surface area contributed by atoms with Crippen molar-refractivity contribution in [1.82, 2.24) is 4.57 Å². The molecule has 1 heterocycles. The van der Waals surface area contributed by atoms with E-state index in [2.05, 4.69) is 73.0 Å². The maximum absolute atomic E-state index is 11.0. The van der Waals surface area contributed by atoms with Gasteiger partial charge in [-0.1, -0.05) is 47.5 Å². The Morgan fingerprint density at radius 1 is 0.875 bits per heavy atom. The molecule has 0 saturated heterocycles. The molecule has 0 spiro atoms. The van der Waals surface area contributed by atoms with E-state index < -0.39 is 5.97 Å². The summed E-state index contributed by atoms with van der Waals surface area (Å²) in [6, 6.07) is 20.8. The largest absolute Gasteiger partial charge is 0.481 e. The molecule has 3 aromatic rings. The molecule has 1 N–H and O–H groups in total. The molecule has 1 aromatic heterocycles. The van der Waals surface area contributed by atoms with Gasteiger partial charge < -0.3 is 9.67 Å². The molecule has 0 aliphatic heterocycles. The summed E-state index contributed by atoms with van der Waals surface area (Å²) in [5.74, 6) is -0.774. The number of aliphatic carboxylic acids is 1. The summed E-state index contributed by atoms with van der Waals surface area (Å²) in [6.45, 7) is 4.13.